The Bertz CT molecular complexity index is 855. The van der Waals surface area contributed by atoms with Gasteiger partial charge in [0.05, 0.1) is 12.1 Å². The van der Waals surface area contributed by atoms with E-state index in [4.69, 9.17) is 0 Å². The summed E-state index contributed by atoms with van der Waals surface area (Å²) in [6.07, 6.45) is 0. The number of benzene rings is 1. The molecule has 0 spiro atoms. The summed E-state index contributed by atoms with van der Waals surface area (Å²) in [6.45, 7) is 9.69. The molecular weight excluding hydrogens is 347 g/mol. The quantitative estimate of drug-likeness (QED) is 0.835. The molecule has 1 aromatic carbocycles. The van der Waals surface area contributed by atoms with E-state index >= 15 is 0 Å². The minimum absolute atomic E-state index is 0.170. The first-order valence-corrected chi connectivity index (χ1v) is 9.54. The number of H-pyrrole nitrogens is 1. The zero-order valence-electron chi connectivity index (χ0n) is 16.0. The van der Waals surface area contributed by atoms with Gasteiger partial charge in [-0.2, -0.15) is 0 Å². The number of amides is 1. The van der Waals surface area contributed by atoms with Crippen molar-refractivity contribution in [2.45, 2.75) is 20.4 Å². The average molecular weight is 374 g/mol. The molecule has 146 valence electrons. The van der Waals surface area contributed by atoms with Gasteiger partial charge in [-0.3, -0.25) is 19.4 Å². The van der Waals surface area contributed by atoms with Gasteiger partial charge in [0.2, 0.25) is 5.91 Å². The molecule has 6 nitrogen and oxygen atoms in total. The van der Waals surface area contributed by atoms with E-state index in [1.54, 1.807) is 6.07 Å². The van der Waals surface area contributed by atoms with Gasteiger partial charge >= 0.3 is 0 Å². The van der Waals surface area contributed by atoms with Gasteiger partial charge in [0, 0.05) is 38.3 Å². The van der Waals surface area contributed by atoms with Crippen LogP contribution in [-0.2, 0) is 11.3 Å². The topological polar surface area (TPSA) is 59.7 Å². The molecule has 1 amide bonds. The van der Waals surface area contributed by atoms with Crippen molar-refractivity contribution in [1.29, 1.82) is 0 Å². The normalized spacial score (nSPS) is 15.6. The van der Waals surface area contributed by atoms with Crippen molar-refractivity contribution in [3.63, 3.8) is 0 Å². The number of carbonyl (C=O) groups is 1. The second kappa shape index (κ2) is 8.63. The standard InChI is InChI=1S/C20H27FN4O2/c1-3-23(4-2)14-19(26)25-9-7-24(8-10-25)13-16-11-15-5-6-17(21)12-18(15)22-20(16)27/h5-6,11-12H,3-4,7-10,13-14H2,1-2H3,(H,22,27). The number of aromatic nitrogens is 1. The average Bonchev–Trinajstić information content (AvgIpc) is 2.67. The summed E-state index contributed by atoms with van der Waals surface area (Å²) in [5.41, 5.74) is 0.987. The maximum atomic E-state index is 13.3. The lowest BCUT2D eigenvalue weighted by atomic mass is 10.1. The van der Waals surface area contributed by atoms with Crippen LogP contribution in [0.5, 0.6) is 0 Å². The Morgan fingerprint density at radius 3 is 2.52 bits per heavy atom. The Kier molecular flexibility index (Phi) is 6.23. The van der Waals surface area contributed by atoms with Gasteiger partial charge in [-0.05, 0) is 42.7 Å². The Hall–Kier alpha value is -2.25. The molecule has 1 aliphatic heterocycles. The number of aromatic amines is 1. The molecular formula is C20H27FN4O2. The monoisotopic (exact) mass is 374 g/mol. The molecule has 1 saturated heterocycles. The van der Waals surface area contributed by atoms with Gasteiger partial charge in [0.15, 0.2) is 0 Å². The van der Waals surface area contributed by atoms with E-state index in [9.17, 15) is 14.0 Å². The molecule has 3 rings (SSSR count). The van der Waals surface area contributed by atoms with Crippen LogP contribution in [0.2, 0.25) is 0 Å². The van der Waals surface area contributed by atoms with E-state index in [0.29, 0.717) is 37.3 Å². The molecule has 0 unspecified atom stereocenters. The van der Waals surface area contributed by atoms with Crippen LogP contribution in [0.4, 0.5) is 4.39 Å². The number of piperazine rings is 1. The highest BCUT2D eigenvalue weighted by Crippen LogP contribution is 2.14. The highest BCUT2D eigenvalue weighted by atomic mass is 19.1. The summed E-state index contributed by atoms with van der Waals surface area (Å²) in [4.78, 5) is 33.7. The second-order valence-electron chi connectivity index (χ2n) is 6.97. The molecule has 1 N–H and O–H groups in total. The molecule has 0 saturated carbocycles. The molecule has 1 fully saturated rings. The summed E-state index contributed by atoms with van der Waals surface area (Å²) >= 11 is 0. The zero-order valence-corrected chi connectivity index (χ0v) is 16.0. The van der Waals surface area contributed by atoms with Crippen molar-refractivity contribution in [2.24, 2.45) is 0 Å². The van der Waals surface area contributed by atoms with Gasteiger partial charge in [0.25, 0.3) is 5.56 Å². The summed E-state index contributed by atoms with van der Waals surface area (Å²) < 4.78 is 13.3. The van der Waals surface area contributed by atoms with Crippen molar-refractivity contribution in [1.82, 2.24) is 19.7 Å². The minimum atomic E-state index is -0.364. The lowest BCUT2D eigenvalue weighted by Gasteiger charge is -2.35. The van der Waals surface area contributed by atoms with Gasteiger partial charge in [-0.25, -0.2) is 4.39 Å². The van der Waals surface area contributed by atoms with Gasteiger partial charge in [-0.1, -0.05) is 13.8 Å². The molecule has 0 radical (unpaired) electrons. The number of hydrogen-bond acceptors (Lipinski definition) is 4. The van der Waals surface area contributed by atoms with Crippen LogP contribution in [0, 0.1) is 5.82 Å². The minimum Gasteiger partial charge on any atom is -0.339 e. The maximum absolute atomic E-state index is 13.3. The fourth-order valence-corrected chi connectivity index (χ4v) is 3.47. The van der Waals surface area contributed by atoms with Crippen LogP contribution in [0.3, 0.4) is 0 Å². The predicted octanol–water partition coefficient (Wildman–Crippen LogP) is 1.65. The van der Waals surface area contributed by atoms with Crippen LogP contribution >= 0.6 is 0 Å². The third-order valence-corrected chi connectivity index (χ3v) is 5.26. The van der Waals surface area contributed by atoms with Crippen LogP contribution in [0.1, 0.15) is 19.4 Å². The van der Waals surface area contributed by atoms with Crippen LogP contribution in [0.15, 0.2) is 29.1 Å². The van der Waals surface area contributed by atoms with Gasteiger partial charge in [0.1, 0.15) is 5.82 Å². The number of halogens is 1. The number of pyridine rings is 1. The summed E-state index contributed by atoms with van der Waals surface area (Å²) in [5.74, 6) is -0.194. The highest BCUT2D eigenvalue weighted by Gasteiger charge is 2.22. The largest absolute Gasteiger partial charge is 0.339 e. The van der Waals surface area contributed by atoms with Crippen molar-refractivity contribution < 1.29 is 9.18 Å². The molecule has 0 atom stereocenters. The van der Waals surface area contributed by atoms with E-state index in [1.807, 2.05) is 11.0 Å². The Balaban J connectivity index is 1.60. The first kappa shape index (κ1) is 19.5. The highest BCUT2D eigenvalue weighted by molar-refractivity contribution is 5.79. The van der Waals surface area contributed by atoms with Crippen molar-refractivity contribution in [2.75, 3.05) is 45.8 Å². The molecule has 0 aliphatic carbocycles. The maximum Gasteiger partial charge on any atom is 0.252 e. The number of carbonyl (C=O) groups excluding carboxylic acids is 1. The lowest BCUT2D eigenvalue weighted by molar-refractivity contribution is -0.134. The molecule has 7 heteroatoms. The summed E-state index contributed by atoms with van der Waals surface area (Å²) in [6, 6.07) is 6.23. The van der Waals surface area contributed by atoms with E-state index in [1.165, 1.54) is 12.1 Å². The fourth-order valence-electron chi connectivity index (χ4n) is 3.47. The lowest BCUT2D eigenvalue weighted by Crippen LogP contribution is -2.51. The van der Waals surface area contributed by atoms with Crippen LogP contribution < -0.4 is 5.56 Å². The number of rotatable bonds is 6. The Morgan fingerprint density at radius 1 is 1.15 bits per heavy atom. The SMILES string of the molecule is CCN(CC)CC(=O)N1CCN(Cc2cc3ccc(F)cc3[nH]c2=O)CC1. The van der Waals surface area contributed by atoms with E-state index in [-0.39, 0.29) is 17.3 Å². The first-order chi connectivity index (χ1) is 13.0. The third-order valence-electron chi connectivity index (χ3n) is 5.26. The van der Waals surface area contributed by atoms with E-state index in [2.05, 4.69) is 28.6 Å². The number of fused-ring (bicyclic) bond motifs is 1. The van der Waals surface area contributed by atoms with Crippen molar-refractivity contribution in [3.8, 4) is 0 Å². The first-order valence-electron chi connectivity index (χ1n) is 9.54. The van der Waals surface area contributed by atoms with Crippen molar-refractivity contribution in [3.05, 3.63) is 46.0 Å². The zero-order chi connectivity index (χ0) is 19.4. The molecule has 2 heterocycles. The number of hydrogen-bond donors (Lipinski definition) is 1. The summed E-state index contributed by atoms with van der Waals surface area (Å²) in [7, 11) is 0. The van der Waals surface area contributed by atoms with Gasteiger partial charge in [-0.15, -0.1) is 0 Å². The molecule has 1 aliphatic rings. The summed E-state index contributed by atoms with van der Waals surface area (Å²) in [5, 5.41) is 0.819. The Labute approximate surface area is 158 Å². The van der Waals surface area contributed by atoms with Crippen LogP contribution in [0.25, 0.3) is 10.9 Å². The Morgan fingerprint density at radius 2 is 1.85 bits per heavy atom. The smallest absolute Gasteiger partial charge is 0.252 e. The molecule has 2 aromatic rings. The van der Waals surface area contributed by atoms with Crippen molar-refractivity contribution >= 4 is 16.8 Å². The van der Waals surface area contributed by atoms with Crippen LogP contribution in [-0.4, -0.2) is 71.4 Å². The van der Waals surface area contributed by atoms with E-state index < -0.39 is 0 Å². The van der Waals surface area contributed by atoms with E-state index in [0.717, 1.165) is 31.6 Å². The molecule has 0 bridgehead atoms. The number of nitrogens with zero attached hydrogens (tertiary/aromatic N) is 3. The fraction of sp³-hybridized carbons (Fsp3) is 0.500. The molecule has 1 aromatic heterocycles. The van der Waals surface area contributed by atoms with Gasteiger partial charge < -0.3 is 9.88 Å². The third kappa shape index (κ3) is 4.73. The molecule has 27 heavy (non-hydrogen) atoms. The second-order valence-corrected chi connectivity index (χ2v) is 6.97. The number of nitrogens with one attached hydrogen (secondary N) is 1. The number of likely N-dealkylation sites (N-methyl/N-ethyl adjacent to an activating group) is 1. The predicted molar refractivity (Wildman–Crippen MR) is 104 cm³/mol.